The number of methoxy groups -OCH3 is 1. The van der Waals surface area contributed by atoms with E-state index in [1.165, 1.54) is 5.56 Å². The lowest BCUT2D eigenvalue weighted by atomic mass is 10.1. The first-order valence-corrected chi connectivity index (χ1v) is 6.45. The monoisotopic (exact) mass is 307 g/mol. The Balaban J connectivity index is 2.02. The Morgan fingerprint density at radius 3 is 2.56 bits per heavy atom. The third kappa shape index (κ3) is 3.82. The van der Waals surface area contributed by atoms with Crippen molar-refractivity contribution in [2.45, 2.75) is 6.42 Å². The molecule has 3 nitrogen and oxygen atoms in total. The summed E-state index contributed by atoms with van der Waals surface area (Å²) in [6, 6.07) is 13.5. The molecular weight excluding hydrogens is 294 g/mol. The zero-order valence-corrected chi connectivity index (χ0v) is 11.7. The van der Waals surface area contributed by atoms with Crippen molar-refractivity contribution in [2.24, 2.45) is 0 Å². The first-order chi connectivity index (χ1) is 8.78. The van der Waals surface area contributed by atoms with Gasteiger partial charge < -0.3 is 9.47 Å². The van der Waals surface area contributed by atoms with Gasteiger partial charge in [-0.2, -0.15) is 0 Å². The van der Waals surface area contributed by atoms with E-state index in [4.69, 9.17) is 9.47 Å². The van der Waals surface area contributed by atoms with Crippen LogP contribution in [0.5, 0.6) is 11.6 Å². The molecule has 1 aromatic heterocycles. The number of hydrogen-bond acceptors (Lipinski definition) is 3. The van der Waals surface area contributed by atoms with Gasteiger partial charge in [0.2, 0.25) is 5.88 Å². The van der Waals surface area contributed by atoms with E-state index in [2.05, 4.69) is 20.9 Å². The van der Waals surface area contributed by atoms with Crippen molar-refractivity contribution in [1.82, 2.24) is 4.98 Å². The van der Waals surface area contributed by atoms with Crippen molar-refractivity contribution in [3.8, 4) is 11.6 Å². The normalized spacial score (nSPS) is 10.3. The average Bonchev–Trinajstić information content (AvgIpc) is 2.38. The van der Waals surface area contributed by atoms with Crippen LogP contribution in [0.25, 0.3) is 0 Å². The lowest BCUT2D eigenvalue weighted by molar-refractivity contribution is 0.202. The highest BCUT2D eigenvalue weighted by Gasteiger charge is 2.00. The number of benzene rings is 1. The van der Waals surface area contributed by atoms with E-state index in [0.717, 1.165) is 23.4 Å². The van der Waals surface area contributed by atoms with E-state index in [-0.39, 0.29) is 0 Å². The van der Waals surface area contributed by atoms with E-state index in [1.807, 2.05) is 42.5 Å². The molecule has 0 atom stereocenters. The molecule has 0 bridgehead atoms. The molecular formula is C14H14BrNO2. The van der Waals surface area contributed by atoms with Crippen molar-refractivity contribution in [3.63, 3.8) is 0 Å². The zero-order valence-electron chi connectivity index (χ0n) is 10.1. The summed E-state index contributed by atoms with van der Waals surface area (Å²) < 4.78 is 11.4. The van der Waals surface area contributed by atoms with Crippen LogP contribution >= 0.6 is 15.9 Å². The Morgan fingerprint density at radius 1 is 1.11 bits per heavy atom. The van der Waals surface area contributed by atoms with Gasteiger partial charge in [-0.05, 0) is 46.1 Å². The summed E-state index contributed by atoms with van der Waals surface area (Å²) in [7, 11) is 1.70. The van der Waals surface area contributed by atoms with E-state index in [9.17, 15) is 0 Å². The van der Waals surface area contributed by atoms with Crippen molar-refractivity contribution in [2.75, 3.05) is 13.7 Å². The molecule has 0 saturated carbocycles. The maximum atomic E-state index is 5.65. The van der Waals surface area contributed by atoms with Crippen molar-refractivity contribution >= 4 is 15.9 Å². The number of aromatic nitrogens is 1. The Kier molecular flexibility index (Phi) is 4.73. The Labute approximate surface area is 115 Å². The standard InChI is InChI=1S/C14H14BrNO2/c1-17-10-9-11-5-7-12(8-6-11)18-14-4-2-3-13(15)16-14/h2-8H,9-10H2,1H3. The molecule has 4 heteroatoms. The van der Waals surface area contributed by atoms with Crippen LogP contribution in [-0.4, -0.2) is 18.7 Å². The number of hydrogen-bond donors (Lipinski definition) is 0. The number of ether oxygens (including phenoxy) is 2. The first kappa shape index (κ1) is 13.1. The maximum Gasteiger partial charge on any atom is 0.220 e. The summed E-state index contributed by atoms with van der Waals surface area (Å²) in [4.78, 5) is 4.21. The van der Waals surface area contributed by atoms with Crippen LogP contribution in [0.15, 0.2) is 47.1 Å². The van der Waals surface area contributed by atoms with Gasteiger partial charge in [0.05, 0.1) is 6.61 Å². The number of halogens is 1. The highest BCUT2D eigenvalue weighted by Crippen LogP contribution is 2.21. The number of pyridine rings is 1. The lowest BCUT2D eigenvalue weighted by Gasteiger charge is -2.06. The van der Waals surface area contributed by atoms with Crippen molar-refractivity contribution in [3.05, 3.63) is 52.6 Å². The molecule has 0 aliphatic heterocycles. The Morgan fingerprint density at radius 2 is 1.89 bits per heavy atom. The minimum atomic E-state index is 0.578. The summed E-state index contributed by atoms with van der Waals surface area (Å²) in [5.74, 6) is 1.36. The first-order valence-electron chi connectivity index (χ1n) is 5.66. The van der Waals surface area contributed by atoms with E-state index < -0.39 is 0 Å². The van der Waals surface area contributed by atoms with Crippen LogP contribution in [0.4, 0.5) is 0 Å². The fraction of sp³-hybridized carbons (Fsp3) is 0.214. The van der Waals surface area contributed by atoms with Crippen LogP contribution in [0, 0.1) is 0 Å². The fourth-order valence-electron chi connectivity index (χ4n) is 1.51. The highest BCUT2D eigenvalue weighted by atomic mass is 79.9. The molecule has 0 amide bonds. The number of rotatable bonds is 5. The molecule has 0 unspecified atom stereocenters. The van der Waals surface area contributed by atoms with Crippen LogP contribution in [-0.2, 0) is 11.2 Å². The predicted octanol–water partition coefficient (Wildman–Crippen LogP) is 3.83. The van der Waals surface area contributed by atoms with Crippen LogP contribution in [0.3, 0.4) is 0 Å². The van der Waals surface area contributed by atoms with Crippen LogP contribution < -0.4 is 4.74 Å². The van der Waals surface area contributed by atoms with Gasteiger partial charge in [0, 0.05) is 13.2 Å². The molecule has 0 aliphatic rings. The second-order valence-electron chi connectivity index (χ2n) is 3.79. The second-order valence-corrected chi connectivity index (χ2v) is 4.60. The third-order valence-electron chi connectivity index (χ3n) is 2.43. The summed E-state index contributed by atoms with van der Waals surface area (Å²) in [5.41, 5.74) is 1.23. The fourth-order valence-corrected chi connectivity index (χ4v) is 1.84. The largest absolute Gasteiger partial charge is 0.439 e. The Hall–Kier alpha value is -1.39. The summed E-state index contributed by atoms with van der Waals surface area (Å²) >= 11 is 3.31. The quantitative estimate of drug-likeness (QED) is 0.787. The van der Waals surface area contributed by atoms with Gasteiger partial charge >= 0.3 is 0 Å². The molecule has 0 spiro atoms. The second kappa shape index (κ2) is 6.52. The molecule has 94 valence electrons. The predicted molar refractivity (Wildman–Crippen MR) is 74.0 cm³/mol. The molecule has 1 heterocycles. The topological polar surface area (TPSA) is 31.4 Å². The molecule has 0 fully saturated rings. The Bertz CT molecular complexity index is 499. The van der Waals surface area contributed by atoms with Gasteiger partial charge in [-0.15, -0.1) is 0 Å². The minimum absolute atomic E-state index is 0.578. The van der Waals surface area contributed by atoms with E-state index in [1.54, 1.807) is 7.11 Å². The summed E-state index contributed by atoms with van der Waals surface area (Å²) in [6.45, 7) is 0.730. The lowest BCUT2D eigenvalue weighted by Crippen LogP contribution is -1.94. The van der Waals surface area contributed by atoms with E-state index >= 15 is 0 Å². The summed E-state index contributed by atoms with van der Waals surface area (Å²) in [6.07, 6.45) is 0.909. The highest BCUT2D eigenvalue weighted by molar-refractivity contribution is 9.10. The molecule has 0 aliphatic carbocycles. The van der Waals surface area contributed by atoms with Gasteiger partial charge in [-0.1, -0.05) is 18.2 Å². The molecule has 0 N–H and O–H groups in total. The number of nitrogens with zero attached hydrogens (tertiary/aromatic N) is 1. The molecule has 18 heavy (non-hydrogen) atoms. The molecule has 1 aromatic carbocycles. The molecule has 2 rings (SSSR count). The molecule has 0 radical (unpaired) electrons. The molecule has 0 saturated heterocycles. The van der Waals surface area contributed by atoms with Gasteiger partial charge in [0.25, 0.3) is 0 Å². The zero-order chi connectivity index (χ0) is 12.8. The maximum absolute atomic E-state index is 5.65. The smallest absolute Gasteiger partial charge is 0.220 e. The van der Waals surface area contributed by atoms with Gasteiger partial charge in [0.15, 0.2) is 0 Å². The van der Waals surface area contributed by atoms with Crippen molar-refractivity contribution in [1.29, 1.82) is 0 Å². The van der Waals surface area contributed by atoms with Crippen LogP contribution in [0.1, 0.15) is 5.56 Å². The van der Waals surface area contributed by atoms with Gasteiger partial charge in [0.1, 0.15) is 10.4 Å². The van der Waals surface area contributed by atoms with E-state index in [0.29, 0.717) is 5.88 Å². The van der Waals surface area contributed by atoms with Crippen molar-refractivity contribution < 1.29 is 9.47 Å². The summed E-state index contributed by atoms with van der Waals surface area (Å²) in [5, 5.41) is 0. The SMILES string of the molecule is COCCc1ccc(Oc2cccc(Br)n2)cc1. The molecule has 2 aromatic rings. The van der Waals surface area contributed by atoms with Gasteiger partial charge in [-0.25, -0.2) is 4.98 Å². The minimum Gasteiger partial charge on any atom is -0.439 e. The van der Waals surface area contributed by atoms with Gasteiger partial charge in [-0.3, -0.25) is 0 Å². The third-order valence-corrected chi connectivity index (χ3v) is 2.87. The van der Waals surface area contributed by atoms with Crippen LogP contribution in [0.2, 0.25) is 0 Å². The average molecular weight is 308 g/mol.